The standard InChI is InChI=1S/C28H57NO4/c1-3-5-7-9-12-16-20-27(21-17-13-10-8-6-4-2)33-28(32)22-18-14-11-15-19-23-29-26(24-30)25-31/h26-27,29-31H,3-25H2,1-2H3. The van der Waals surface area contributed by atoms with Gasteiger partial charge in [0.1, 0.15) is 6.10 Å². The van der Waals surface area contributed by atoms with Crippen molar-refractivity contribution < 1.29 is 19.7 Å². The van der Waals surface area contributed by atoms with Crippen LogP contribution < -0.4 is 5.32 Å². The Labute approximate surface area is 205 Å². The molecule has 0 aromatic heterocycles. The number of carbonyl (C=O) groups is 1. The summed E-state index contributed by atoms with van der Waals surface area (Å²) in [7, 11) is 0. The molecule has 0 atom stereocenters. The number of esters is 1. The van der Waals surface area contributed by atoms with Gasteiger partial charge in [0.05, 0.1) is 19.3 Å². The number of nitrogens with one attached hydrogen (secondary N) is 1. The van der Waals surface area contributed by atoms with Crippen molar-refractivity contribution in [2.75, 3.05) is 19.8 Å². The Bertz CT molecular complexity index is 385. The zero-order chi connectivity index (χ0) is 24.4. The first-order valence-electron chi connectivity index (χ1n) is 14.3. The highest BCUT2D eigenvalue weighted by Crippen LogP contribution is 2.18. The van der Waals surface area contributed by atoms with Crippen molar-refractivity contribution in [3.05, 3.63) is 0 Å². The molecule has 198 valence electrons. The van der Waals surface area contributed by atoms with Crippen LogP contribution in [-0.2, 0) is 9.53 Å². The molecule has 0 amide bonds. The molecular weight excluding hydrogens is 414 g/mol. The Balaban J connectivity index is 3.97. The van der Waals surface area contributed by atoms with Crippen LogP contribution in [0.15, 0.2) is 0 Å². The van der Waals surface area contributed by atoms with E-state index < -0.39 is 0 Å². The smallest absolute Gasteiger partial charge is 0.306 e. The maximum absolute atomic E-state index is 12.4. The number of hydrogen-bond acceptors (Lipinski definition) is 5. The summed E-state index contributed by atoms with van der Waals surface area (Å²) in [6.07, 6.45) is 23.3. The largest absolute Gasteiger partial charge is 0.462 e. The summed E-state index contributed by atoms with van der Waals surface area (Å²) >= 11 is 0. The van der Waals surface area contributed by atoms with Crippen molar-refractivity contribution in [1.29, 1.82) is 0 Å². The average molecular weight is 472 g/mol. The first-order chi connectivity index (χ1) is 16.2. The highest BCUT2D eigenvalue weighted by molar-refractivity contribution is 5.69. The highest BCUT2D eigenvalue weighted by atomic mass is 16.5. The Morgan fingerprint density at radius 1 is 0.667 bits per heavy atom. The predicted octanol–water partition coefficient (Wildman–Crippen LogP) is 6.68. The van der Waals surface area contributed by atoms with Crippen molar-refractivity contribution in [2.24, 2.45) is 0 Å². The first-order valence-corrected chi connectivity index (χ1v) is 14.3. The van der Waals surface area contributed by atoms with Gasteiger partial charge >= 0.3 is 5.97 Å². The van der Waals surface area contributed by atoms with E-state index in [4.69, 9.17) is 14.9 Å². The SMILES string of the molecule is CCCCCCCCC(CCCCCCCC)OC(=O)CCCCCCCNC(CO)CO. The summed E-state index contributed by atoms with van der Waals surface area (Å²) in [4.78, 5) is 12.4. The van der Waals surface area contributed by atoms with Crippen LogP contribution in [0.1, 0.15) is 142 Å². The number of ether oxygens (including phenoxy) is 1. The number of aliphatic hydroxyl groups is 2. The molecule has 0 saturated heterocycles. The van der Waals surface area contributed by atoms with Crippen molar-refractivity contribution in [1.82, 2.24) is 5.32 Å². The minimum Gasteiger partial charge on any atom is -0.462 e. The lowest BCUT2D eigenvalue weighted by atomic mass is 10.0. The number of carbonyl (C=O) groups excluding carboxylic acids is 1. The maximum atomic E-state index is 12.4. The van der Waals surface area contributed by atoms with Crippen LogP contribution in [-0.4, -0.2) is 48.1 Å². The van der Waals surface area contributed by atoms with Crippen LogP contribution in [0.4, 0.5) is 0 Å². The summed E-state index contributed by atoms with van der Waals surface area (Å²) in [6, 6.07) is -0.208. The zero-order valence-corrected chi connectivity index (χ0v) is 22.1. The summed E-state index contributed by atoms with van der Waals surface area (Å²) in [5.41, 5.74) is 0. The second-order valence-corrected chi connectivity index (χ2v) is 9.76. The van der Waals surface area contributed by atoms with Gasteiger partial charge in [-0.2, -0.15) is 0 Å². The van der Waals surface area contributed by atoms with Crippen LogP contribution in [0.2, 0.25) is 0 Å². The summed E-state index contributed by atoms with van der Waals surface area (Å²) in [5, 5.41) is 21.2. The molecule has 0 saturated carbocycles. The molecule has 5 heteroatoms. The molecule has 0 spiro atoms. The van der Waals surface area contributed by atoms with Gasteiger partial charge < -0.3 is 20.3 Å². The molecule has 33 heavy (non-hydrogen) atoms. The van der Waals surface area contributed by atoms with E-state index in [0.29, 0.717) is 6.42 Å². The lowest BCUT2D eigenvalue weighted by Crippen LogP contribution is -2.36. The lowest BCUT2D eigenvalue weighted by Gasteiger charge is -2.18. The molecule has 0 aliphatic heterocycles. The summed E-state index contributed by atoms with van der Waals surface area (Å²) in [5.74, 6) is -0.00707. The maximum Gasteiger partial charge on any atom is 0.306 e. The second kappa shape index (κ2) is 26.0. The molecule has 0 radical (unpaired) electrons. The lowest BCUT2D eigenvalue weighted by molar-refractivity contribution is -0.150. The highest BCUT2D eigenvalue weighted by Gasteiger charge is 2.14. The third-order valence-electron chi connectivity index (χ3n) is 6.49. The molecule has 3 N–H and O–H groups in total. The van der Waals surface area contributed by atoms with E-state index in [-0.39, 0.29) is 31.3 Å². The molecule has 0 rings (SSSR count). The Morgan fingerprint density at radius 2 is 1.12 bits per heavy atom. The Morgan fingerprint density at radius 3 is 1.64 bits per heavy atom. The van der Waals surface area contributed by atoms with Crippen LogP contribution >= 0.6 is 0 Å². The fraction of sp³-hybridized carbons (Fsp3) is 0.964. The van der Waals surface area contributed by atoms with Gasteiger partial charge in [0.25, 0.3) is 0 Å². The molecule has 0 unspecified atom stereocenters. The minimum absolute atomic E-state index is 0.00707. The fourth-order valence-electron chi connectivity index (χ4n) is 4.23. The van der Waals surface area contributed by atoms with Gasteiger partial charge in [-0.05, 0) is 45.1 Å². The van der Waals surface area contributed by atoms with Gasteiger partial charge in [0.15, 0.2) is 0 Å². The number of rotatable bonds is 26. The van der Waals surface area contributed by atoms with Gasteiger partial charge in [-0.1, -0.05) is 97.3 Å². The van der Waals surface area contributed by atoms with Crippen molar-refractivity contribution in [3.63, 3.8) is 0 Å². The molecule has 0 aromatic rings. The molecule has 0 fully saturated rings. The molecular formula is C28H57NO4. The van der Waals surface area contributed by atoms with Crippen LogP contribution in [0.5, 0.6) is 0 Å². The number of unbranched alkanes of at least 4 members (excludes halogenated alkanes) is 14. The first kappa shape index (κ1) is 32.4. The topological polar surface area (TPSA) is 78.8 Å². The van der Waals surface area contributed by atoms with Gasteiger partial charge in [-0.15, -0.1) is 0 Å². The fourth-order valence-corrected chi connectivity index (χ4v) is 4.23. The number of hydrogen-bond donors (Lipinski definition) is 3. The van der Waals surface area contributed by atoms with Gasteiger partial charge in [0, 0.05) is 6.42 Å². The third-order valence-corrected chi connectivity index (χ3v) is 6.49. The molecule has 0 aliphatic rings. The third kappa shape index (κ3) is 22.9. The molecule has 0 bridgehead atoms. The van der Waals surface area contributed by atoms with E-state index in [0.717, 1.165) is 51.5 Å². The van der Waals surface area contributed by atoms with Crippen LogP contribution in [0.25, 0.3) is 0 Å². The molecule has 0 aromatic carbocycles. The van der Waals surface area contributed by atoms with Crippen molar-refractivity contribution in [2.45, 2.75) is 154 Å². The summed E-state index contributed by atoms with van der Waals surface area (Å²) < 4.78 is 5.91. The van der Waals surface area contributed by atoms with Crippen LogP contribution in [0, 0.1) is 0 Å². The van der Waals surface area contributed by atoms with Gasteiger partial charge in [-0.25, -0.2) is 0 Å². The van der Waals surface area contributed by atoms with E-state index in [1.807, 2.05) is 0 Å². The Hall–Kier alpha value is -0.650. The van der Waals surface area contributed by atoms with E-state index in [2.05, 4.69) is 19.2 Å². The second-order valence-electron chi connectivity index (χ2n) is 9.76. The average Bonchev–Trinajstić information content (AvgIpc) is 2.82. The molecule has 5 nitrogen and oxygen atoms in total. The van der Waals surface area contributed by atoms with E-state index in [1.165, 1.54) is 77.0 Å². The van der Waals surface area contributed by atoms with E-state index in [1.54, 1.807) is 0 Å². The minimum atomic E-state index is -0.208. The van der Waals surface area contributed by atoms with Crippen LogP contribution in [0.3, 0.4) is 0 Å². The quantitative estimate of drug-likeness (QED) is 0.0968. The normalized spacial score (nSPS) is 11.6. The monoisotopic (exact) mass is 471 g/mol. The predicted molar refractivity (Wildman–Crippen MR) is 140 cm³/mol. The Kier molecular flexibility index (Phi) is 25.5. The van der Waals surface area contributed by atoms with Crippen molar-refractivity contribution in [3.8, 4) is 0 Å². The van der Waals surface area contributed by atoms with Gasteiger partial charge in [0.2, 0.25) is 0 Å². The molecule has 0 aliphatic carbocycles. The van der Waals surface area contributed by atoms with E-state index in [9.17, 15) is 4.79 Å². The van der Waals surface area contributed by atoms with Gasteiger partial charge in [-0.3, -0.25) is 4.79 Å². The molecule has 0 heterocycles. The number of aliphatic hydroxyl groups excluding tert-OH is 2. The summed E-state index contributed by atoms with van der Waals surface area (Å²) in [6.45, 7) is 5.25. The zero-order valence-electron chi connectivity index (χ0n) is 22.1. The van der Waals surface area contributed by atoms with Crippen molar-refractivity contribution >= 4 is 5.97 Å². The van der Waals surface area contributed by atoms with E-state index >= 15 is 0 Å².